The number of para-hydroxylation sites is 1. The summed E-state index contributed by atoms with van der Waals surface area (Å²) in [6, 6.07) is 23.1. The standard InChI is InChI=1S/C34H35N5O4/c40-31-27(18-22-10-3-1-4-11-22)37-33(42)30-16-9-17-39(30)34(43)29(19-23-12-5-2-6-13-23)38-32(41)28(36-31)20-24-21-35-26-15-8-7-14-25(24)26/h1-8,10-15,21,27-30,35H,9,16-20H2,(H,36,40)(H,37,42)(H,38,41)/t27-,28+,29-,30?/m1/s1. The number of fused-ring (bicyclic) bond motifs is 2. The van der Waals surface area contributed by atoms with E-state index in [0.29, 0.717) is 19.4 Å². The number of amides is 4. The summed E-state index contributed by atoms with van der Waals surface area (Å²) in [6.07, 6.45) is 3.70. The van der Waals surface area contributed by atoms with Gasteiger partial charge in [-0.1, -0.05) is 78.9 Å². The van der Waals surface area contributed by atoms with E-state index in [1.165, 1.54) is 0 Å². The Hall–Kier alpha value is -4.92. The fraction of sp³-hybridized carbons (Fsp3) is 0.294. The van der Waals surface area contributed by atoms with Crippen LogP contribution in [-0.4, -0.2) is 64.2 Å². The Morgan fingerprint density at radius 2 is 1.19 bits per heavy atom. The highest BCUT2D eigenvalue weighted by atomic mass is 16.2. The van der Waals surface area contributed by atoms with Gasteiger partial charge < -0.3 is 25.8 Å². The summed E-state index contributed by atoms with van der Waals surface area (Å²) in [4.78, 5) is 60.3. The third kappa shape index (κ3) is 6.30. The van der Waals surface area contributed by atoms with Gasteiger partial charge in [-0.2, -0.15) is 0 Å². The summed E-state index contributed by atoms with van der Waals surface area (Å²) in [7, 11) is 0. The van der Waals surface area contributed by atoms with E-state index >= 15 is 0 Å². The molecule has 0 bridgehead atoms. The van der Waals surface area contributed by atoms with E-state index in [9.17, 15) is 19.2 Å². The number of carbonyl (C=O) groups excluding carboxylic acids is 4. The van der Waals surface area contributed by atoms with Gasteiger partial charge in [0.25, 0.3) is 0 Å². The smallest absolute Gasteiger partial charge is 0.246 e. The summed E-state index contributed by atoms with van der Waals surface area (Å²) in [6.45, 7) is 0.409. The summed E-state index contributed by atoms with van der Waals surface area (Å²) in [5, 5.41) is 9.78. The van der Waals surface area contributed by atoms with Gasteiger partial charge in [-0.15, -0.1) is 0 Å². The topological polar surface area (TPSA) is 123 Å². The number of hydrogen-bond donors (Lipinski definition) is 4. The van der Waals surface area contributed by atoms with Crippen LogP contribution in [0.2, 0.25) is 0 Å². The highest BCUT2D eigenvalue weighted by molar-refractivity contribution is 5.98. The molecule has 0 radical (unpaired) electrons. The highest BCUT2D eigenvalue weighted by Crippen LogP contribution is 2.22. The molecule has 9 heteroatoms. The lowest BCUT2D eigenvalue weighted by molar-refractivity contribution is -0.143. The second-order valence-corrected chi connectivity index (χ2v) is 11.3. The highest BCUT2D eigenvalue weighted by Gasteiger charge is 2.40. The van der Waals surface area contributed by atoms with Crippen LogP contribution in [0, 0.1) is 0 Å². The van der Waals surface area contributed by atoms with Gasteiger partial charge in [0.05, 0.1) is 0 Å². The molecule has 2 aliphatic heterocycles. The molecule has 0 spiro atoms. The number of hydrogen-bond acceptors (Lipinski definition) is 4. The molecule has 1 unspecified atom stereocenters. The van der Waals surface area contributed by atoms with E-state index in [4.69, 9.17) is 0 Å². The largest absolute Gasteiger partial charge is 0.361 e. The predicted molar refractivity (Wildman–Crippen MR) is 163 cm³/mol. The van der Waals surface area contributed by atoms with E-state index in [1.54, 1.807) is 4.90 Å². The number of aromatic nitrogens is 1. The first-order valence-electron chi connectivity index (χ1n) is 14.8. The van der Waals surface area contributed by atoms with Crippen molar-refractivity contribution in [3.63, 3.8) is 0 Å². The minimum Gasteiger partial charge on any atom is -0.361 e. The van der Waals surface area contributed by atoms with Crippen molar-refractivity contribution in [1.82, 2.24) is 25.8 Å². The van der Waals surface area contributed by atoms with E-state index < -0.39 is 36.0 Å². The minimum absolute atomic E-state index is 0.201. The molecule has 4 atom stereocenters. The molecule has 3 heterocycles. The monoisotopic (exact) mass is 577 g/mol. The van der Waals surface area contributed by atoms with Gasteiger partial charge in [0.2, 0.25) is 23.6 Å². The van der Waals surface area contributed by atoms with Crippen molar-refractivity contribution in [1.29, 1.82) is 0 Å². The van der Waals surface area contributed by atoms with Crippen molar-refractivity contribution in [2.24, 2.45) is 0 Å². The van der Waals surface area contributed by atoms with Crippen molar-refractivity contribution in [3.05, 3.63) is 108 Å². The first-order valence-corrected chi connectivity index (χ1v) is 14.8. The van der Waals surface area contributed by atoms with E-state index in [-0.39, 0.29) is 31.1 Å². The zero-order valence-corrected chi connectivity index (χ0v) is 23.8. The number of benzene rings is 3. The van der Waals surface area contributed by atoms with Gasteiger partial charge in [-0.25, -0.2) is 0 Å². The molecule has 4 aromatic rings. The predicted octanol–water partition coefficient (Wildman–Crippen LogP) is 2.65. The molecule has 0 saturated carbocycles. The molecule has 2 fully saturated rings. The van der Waals surface area contributed by atoms with Crippen LogP contribution < -0.4 is 16.0 Å². The Bertz CT molecular complexity index is 1620. The zero-order chi connectivity index (χ0) is 29.8. The molecule has 43 heavy (non-hydrogen) atoms. The molecule has 4 N–H and O–H groups in total. The number of rotatable bonds is 6. The van der Waals surface area contributed by atoms with E-state index in [0.717, 1.165) is 27.6 Å². The number of H-pyrrole nitrogens is 1. The van der Waals surface area contributed by atoms with Crippen LogP contribution >= 0.6 is 0 Å². The summed E-state index contributed by atoms with van der Waals surface area (Å²) < 4.78 is 0. The van der Waals surface area contributed by atoms with Crippen LogP contribution in [0.5, 0.6) is 0 Å². The third-order valence-corrected chi connectivity index (χ3v) is 8.38. The maximum Gasteiger partial charge on any atom is 0.246 e. The molecular weight excluding hydrogens is 542 g/mol. The Balaban J connectivity index is 1.36. The van der Waals surface area contributed by atoms with Gasteiger partial charge in [0, 0.05) is 42.9 Å². The third-order valence-electron chi connectivity index (χ3n) is 8.38. The Kier molecular flexibility index (Phi) is 8.22. The number of nitrogens with one attached hydrogen (secondary N) is 4. The van der Waals surface area contributed by atoms with Gasteiger partial charge in [0.1, 0.15) is 24.2 Å². The van der Waals surface area contributed by atoms with Crippen molar-refractivity contribution >= 4 is 34.5 Å². The molecule has 4 amide bonds. The first kappa shape index (κ1) is 28.2. The lowest BCUT2D eigenvalue weighted by Gasteiger charge is -2.32. The molecule has 6 rings (SSSR count). The lowest BCUT2D eigenvalue weighted by Crippen LogP contribution is -2.62. The molecule has 2 aliphatic rings. The van der Waals surface area contributed by atoms with Gasteiger partial charge in [0.15, 0.2) is 0 Å². The molecule has 0 aliphatic carbocycles. The second-order valence-electron chi connectivity index (χ2n) is 11.3. The first-order chi connectivity index (χ1) is 21.0. The normalized spacial score (nSPS) is 23.1. The summed E-state index contributed by atoms with van der Waals surface area (Å²) >= 11 is 0. The maximum absolute atomic E-state index is 14.0. The summed E-state index contributed by atoms with van der Waals surface area (Å²) in [5.41, 5.74) is 3.53. The van der Waals surface area contributed by atoms with Gasteiger partial charge in [-0.05, 0) is 35.6 Å². The van der Waals surface area contributed by atoms with Gasteiger partial charge in [-0.3, -0.25) is 19.2 Å². The van der Waals surface area contributed by atoms with Crippen LogP contribution in [0.15, 0.2) is 91.1 Å². The molecule has 9 nitrogen and oxygen atoms in total. The fourth-order valence-corrected chi connectivity index (χ4v) is 6.15. The van der Waals surface area contributed by atoms with Crippen molar-refractivity contribution in [2.45, 2.75) is 56.3 Å². The van der Waals surface area contributed by atoms with E-state index in [2.05, 4.69) is 20.9 Å². The zero-order valence-electron chi connectivity index (χ0n) is 23.8. The number of nitrogens with zero attached hydrogens (tertiary/aromatic N) is 1. The summed E-state index contributed by atoms with van der Waals surface area (Å²) in [5.74, 6) is -1.56. The van der Waals surface area contributed by atoms with Crippen LogP contribution in [0.3, 0.4) is 0 Å². The quantitative estimate of drug-likeness (QED) is 0.281. The molecule has 220 valence electrons. The van der Waals surface area contributed by atoms with Crippen LogP contribution in [0.1, 0.15) is 29.5 Å². The lowest BCUT2D eigenvalue weighted by atomic mass is 9.99. The molecule has 3 aromatic carbocycles. The van der Waals surface area contributed by atoms with Crippen LogP contribution in [0.25, 0.3) is 10.9 Å². The molecule has 2 saturated heterocycles. The fourth-order valence-electron chi connectivity index (χ4n) is 6.15. The average molecular weight is 578 g/mol. The Labute approximate surface area is 250 Å². The molecular formula is C34H35N5O4. The van der Waals surface area contributed by atoms with Crippen molar-refractivity contribution < 1.29 is 19.2 Å². The average Bonchev–Trinajstić information content (AvgIpc) is 3.68. The van der Waals surface area contributed by atoms with Crippen LogP contribution in [-0.2, 0) is 38.4 Å². The minimum atomic E-state index is -0.984. The van der Waals surface area contributed by atoms with Crippen LogP contribution in [0.4, 0.5) is 0 Å². The SMILES string of the molecule is O=C1N[C@H](Cc2ccccc2)C(=O)N[C@@H](Cc2c[nH]c3ccccc23)C(=O)N[C@H](Cc2ccccc2)C(=O)N2CCCC12. The van der Waals surface area contributed by atoms with Gasteiger partial charge >= 0.3 is 0 Å². The van der Waals surface area contributed by atoms with E-state index in [1.807, 2.05) is 91.1 Å². The molecule has 1 aromatic heterocycles. The van der Waals surface area contributed by atoms with Crippen molar-refractivity contribution in [3.8, 4) is 0 Å². The second kappa shape index (κ2) is 12.5. The number of carbonyl (C=O) groups is 4. The van der Waals surface area contributed by atoms with Crippen molar-refractivity contribution in [2.75, 3.05) is 6.54 Å². The number of aromatic amines is 1. The Morgan fingerprint density at radius 3 is 1.88 bits per heavy atom. The Morgan fingerprint density at radius 1 is 0.628 bits per heavy atom. The maximum atomic E-state index is 14.0.